The molecule has 0 aromatic heterocycles. The maximum absolute atomic E-state index is 11.5. The lowest BCUT2D eigenvalue weighted by atomic mass is 9.97. The van der Waals surface area contributed by atoms with Crippen LogP contribution in [0.5, 0.6) is 0 Å². The molecule has 0 bridgehead atoms. The number of primary amides is 1. The molecule has 2 rings (SSSR count). The quantitative estimate of drug-likeness (QED) is 0.830. The summed E-state index contributed by atoms with van der Waals surface area (Å²) < 4.78 is 0. The smallest absolute Gasteiger partial charge is 0.234 e. The van der Waals surface area contributed by atoms with Crippen LogP contribution in [0.25, 0.3) is 0 Å². The van der Waals surface area contributed by atoms with Crippen LogP contribution in [0.3, 0.4) is 0 Å². The Kier molecular flexibility index (Phi) is 4.02. The van der Waals surface area contributed by atoms with Crippen molar-refractivity contribution in [2.75, 3.05) is 0 Å². The van der Waals surface area contributed by atoms with Crippen LogP contribution in [-0.2, 0) is 17.6 Å². The van der Waals surface area contributed by atoms with Crippen molar-refractivity contribution in [1.82, 2.24) is 5.32 Å². The normalized spacial score (nSPS) is 18.3. The lowest BCUT2D eigenvalue weighted by Gasteiger charge is -2.25. The van der Waals surface area contributed by atoms with Gasteiger partial charge in [0.1, 0.15) is 0 Å². The molecule has 0 aliphatic heterocycles. The average molecular weight is 246 g/mol. The molecule has 1 unspecified atom stereocenters. The van der Waals surface area contributed by atoms with Crippen LogP contribution in [-0.4, -0.2) is 18.0 Å². The Hall–Kier alpha value is -1.35. The second kappa shape index (κ2) is 5.53. The Labute approximate surface area is 109 Å². The molecule has 1 aliphatic carbocycles. The van der Waals surface area contributed by atoms with Gasteiger partial charge in [0.15, 0.2) is 0 Å². The molecule has 3 N–H and O–H groups in total. The highest BCUT2D eigenvalue weighted by Crippen LogP contribution is 2.22. The highest BCUT2D eigenvalue weighted by Gasteiger charge is 2.28. The van der Waals surface area contributed by atoms with Crippen molar-refractivity contribution in [3.05, 3.63) is 35.4 Å². The first-order valence-electron chi connectivity index (χ1n) is 6.74. The third-order valence-corrected chi connectivity index (χ3v) is 3.99. The third-order valence-electron chi connectivity index (χ3n) is 3.99. The van der Waals surface area contributed by atoms with Crippen molar-refractivity contribution in [3.8, 4) is 0 Å². The van der Waals surface area contributed by atoms with E-state index in [0.29, 0.717) is 6.04 Å². The van der Waals surface area contributed by atoms with E-state index in [2.05, 4.69) is 43.4 Å². The minimum Gasteiger partial charge on any atom is -0.368 e. The summed E-state index contributed by atoms with van der Waals surface area (Å²) >= 11 is 0. The van der Waals surface area contributed by atoms with Crippen LogP contribution in [0.2, 0.25) is 0 Å². The molecule has 0 spiro atoms. The van der Waals surface area contributed by atoms with E-state index in [0.717, 1.165) is 19.3 Å². The fraction of sp³-hybridized carbons (Fsp3) is 0.533. The third kappa shape index (κ3) is 2.72. The number of rotatable bonds is 5. The molecular weight excluding hydrogens is 224 g/mol. The molecule has 1 aromatic carbocycles. The van der Waals surface area contributed by atoms with Gasteiger partial charge in [0, 0.05) is 6.04 Å². The maximum atomic E-state index is 11.5. The summed E-state index contributed by atoms with van der Waals surface area (Å²) in [6.45, 7) is 4.16. The second-order valence-corrected chi connectivity index (χ2v) is 5.31. The lowest BCUT2D eigenvalue weighted by molar-refractivity contribution is -0.121. The molecule has 0 fully saturated rings. The predicted molar refractivity (Wildman–Crippen MR) is 73.2 cm³/mol. The molecule has 0 heterocycles. The van der Waals surface area contributed by atoms with E-state index < -0.39 is 0 Å². The van der Waals surface area contributed by atoms with Crippen LogP contribution >= 0.6 is 0 Å². The first-order valence-corrected chi connectivity index (χ1v) is 6.74. The van der Waals surface area contributed by atoms with Crippen LogP contribution in [0.1, 0.15) is 31.4 Å². The second-order valence-electron chi connectivity index (χ2n) is 5.31. The van der Waals surface area contributed by atoms with E-state index in [1.165, 1.54) is 11.1 Å². The Morgan fingerprint density at radius 2 is 1.94 bits per heavy atom. The molecule has 1 aliphatic rings. The number of amides is 1. The fourth-order valence-corrected chi connectivity index (χ4v) is 2.69. The van der Waals surface area contributed by atoms with Gasteiger partial charge in [0.2, 0.25) is 5.91 Å². The number of nitrogens with one attached hydrogen (secondary N) is 1. The number of fused-ring (bicyclic) bond motifs is 1. The van der Waals surface area contributed by atoms with E-state index in [1.54, 1.807) is 0 Å². The molecule has 1 aromatic rings. The van der Waals surface area contributed by atoms with E-state index in [9.17, 15) is 4.79 Å². The van der Waals surface area contributed by atoms with Gasteiger partial charge >= 0.3 is 0 Å². The monoisotopic (exact) mass is 246 g/mol. The van der Waals surface area contributed by atoms with Crippen LogP contribution in [0.4, 0.5) is 0 Å². The van der Waals surface area contributed by atoms with Gasteiger partial charge < -0.3 is 11.1 Å². The molecule has 0 saturated heterocycles. The molecule has 0 radical (unpaired) electrons. The van der Waals surface area contributed by atoms with Crippen LogP contribution < -0.4 is 11.1 Å². The number of benzene rings is 1. The highest BCUT2D eigenvalue weighted by atomic mass is 16.1. The standard InChI is InChI=1S/C15H22N2O/c1-3-10(2)14(15(16)18)17-13-8-11-6-4-5-7-12(11)9-13/h4-7,10,13-14,17H,3,8-9H2,1-2H3,(H2,16,18)/t10?,14-/m0/s1. The van der Waals surface area contributed by atoms with Gasteiger partial charge in [-0.05, 0) is 29.9 Å². The molecule has 98 valence electrons. The summed E-state index contributed by atoms with van der Waals surface area (Å²) in [5.41, 5.74) is 8.28. The van der Waals surface area contributed by atoms with E-state index in [-0.39, 0.29) is 17.9 Å². The topological polar surface area (TPSA) is 55.1 Å². The highest BCUT2D eigenvalue weighted by molar-refractivity contribution is 5.80. The summed E-state index contributed by atoms with van der Waals surface area (Å²) in [4.78, 5) is 11.5. The zero-order valence-electron chi connectivity index (χ0n) is 11.1. The van der Waals surface area contributed by atoms with Gasteiger partial charge in [-0.1, -0.05) is 44.5 Å². The van der Waals surface area contributed by atoms with Crippen LogP contribution in [0.15, 0.2) is 24.3 Å². The molecule has 3 heteroatoms. The van der Waals surface area contributed by atoms with E-state index in [1.807, 2.05) is 0 Å². The van der Waals surface area contributed by atoms with Crippen molar-refractivity contribution in [2.45, 2.75) is 45.2 Å². The number of hydrogen-bond acceptors (Lipinski definition) is 2. The van der Waals surface area contributed by atoms with Crippen molar-refractivity contribution in [2.24, 2.45) is 11.7 Å². The number of hydrogen-bond donors (Lipinski definition) is 2. The predicted octanol–water partition coefficient (Wildman–Crippen LogP) is 1.64. The maximum Gasteiger partial charge on any atom is 0.234 e. The van der Waals surface area contributed by atoms with Gasteiger partial charge in [-0.15, -0.1) is 0 Å². The summed E-state index contributed by atoms with van der Waals surface area (Å²) in [5.74, 6) is 0.0477. The van der Waals surface area contributed by atoms with E-state index in [4.69, 9.17) is 5.73 Å². The molecule has 1 amide bonds. The molecule has 18 heavy (non-hydrogen) atoms. The van der Waals surface area contributed by atoms with Crippen molar-refractivity contribution < 1.29 is 4.79 Å². The van der Waals surface area contributed by atoms with Crippen molar-refractivity contribution in [3.63, 3.8) is 0 Å². The first kappa shape index (κ1) is 13.1. The Bertz CT molecular complexity index is 405. The Balaban J connectivity index is 2.01. The minimum atomic E-state index is -0.236. The number of nitrogens with two attached hydrogens (primary N) is 1. The van der Waals surface area contributed by atoms with Crippen LogP contribution in [0, 0.1) is 5.92 Å². The molecule has 2 atom stereocenters. The Morgan fingerprint density at radius 3 is 2.39 bits per heavy atom. The summed E-state index contributed by atoms with van der Waals surface area (Å²) in [5, 5.41) is 3.44. The fourth-order valence-electron chi connectivity index (χ4n) is 2.69. The Morgan fingerprint density at radius 1 is 1.39 bits per heavy atom. The summed E-state index contributed by atoms with van der Waals surface area (Å²) in [7, 11) is 0. The van der Waals surface area contributed by atoms with Crippen molar-refractivity contribution >= 4 is 5.91 Å². The number of carbonyl (C=O) groups excluding carboxylic acids is 1. The zero-order valence-corrected chi connectivity index (χ0v) is 11.1. The van der Waals surface area contributed by atoms with Crippen molar-refractivity contribution in [1.29, 1.82) is 0 Å². The summed E-state index contributed by atoms with van der Waals surface area (Å²) in [6.07, 6.45) is 2.95. The van der Waals surface area contributed by atoms with Gasteiger partial charge in [-0.25, -0.2) is 0 Å². The van der Waals surface area contributed by atoms with Gasteiger partial charge in [0.05, 0.1) is 6.04 Å². The first-order chi connectivity index (χ1) is 8.61. The zero-order chi connectivity index (χ0) is 13.1. The number of carbonyl (C=O) groups is 1. The van der Waals surface area contributed by atoms with Gasteiger partial charge in [-0.2, -0.15) is 0 Å². The largest absolute Gasteiger partial charge is 0.368 e. The minimum absolute atomic E-state index is 0.214. The summed E-state index contributed by atoms with van der Waals surface area (Å²) in [6, 6.07) is 8.60. The SMILES string of the molecule is CCC(C)[C@H](NC1Cc2ccccc2C1)C(N)=O. The molecule has 0 saturated carbocycles. The van der Waals surface area contributed by atoms with Gasteiger partial charge in [-0.3, -0.25) is 4.79 Å². The average Bonchev–Trinajstić information content (AvgIpc) is 2.77. The molecular formula is C15H22N2O. The van der Waals surface area contributed by atoms with E-state index >= 15 is 0 Å². The van der Waals surface area contributed by atoms with Gasteiger partial charge in [0.25, 0.3) is 0 Å². The lowest BCUT2D eigenvalue weighted by Crippen LogP contribution is -2.50. The molecule has 3 nitrogen and oxygen atoms in total.